The van der Waals surface area contributed by atoms with Crippen LogP contribution in [0.15, 0.2) is 0 Å². The average molecular weight is 191 g/mol. The van der Waals surface area contributed by atoms with Gasteiger partial charge >= 0.3 is 5.71 Å². The summed E-state index contributed by atoms with van der Waals surface area (Å²) in [7, 11) is -0.301. The molecule has 6 heteroatoms. The van der Waals surface area contributed by atoms with Gasteiger partial charge in [0.15, 0.2) is 5.96 Å². The molecule has 70 valence electrons. The summed E-state index contributed by atoms with van der Waals surface area (Å²) in [5.41, 5.74) is 4.10. The van der Waals surface area contributed by atoms with Gasteiger partial charge in [-0.1, -0.05) is 0 Å². The minimum atomic E-state index is -0.484. The molecule has 1 unspecified atom stereocenters. The lowest BCUT2D eigenvalue weighted by Crippen LogP contribution is -2.27. The van der Waals surface area contributed by atoms with E-state index < -0.39 is 11.3 Å². The van der Waals surface area contributed by atoms with Crippen molar-refractivity contribution in [3.05, 3.63) is 0 Å². The van der Waals surface area contributed by atoms with E-state index in [0.717, 1.165) is 0 Å². The second kappa shape index (κ2) is 4.26. The van der Waals surface area contributed by atoms with Crippen molar-refractivity contribution in [2.24, 2.45) is 5.73 Å². The number of guanidine groups is 1. The van der Waals surface area contributed by atoms with Crippen molar-refractivity contribution in [3.63, 3.8) is 0 Å². The molecule has 0 aromatic carbocycles. The topological polar surface area (TPSA) is 88.2 Å². The third-order valence-electron chi connectivity index (χ3n) is 0.698. The van der Waals surface area contributed by atoms with E-state index in [1.54, 1.807) is 20.8 Å². The maximum Gasteiger partial charge on any atom is 0.344 e. The molecule has 0 aliphatic carbocycles. The Morgan fingerprint density at radius 3 is 2.42 bits per heavy atom. The molecule has 0 bridgehead atoms. The largest absolute Gasteiger partial charge is 0.456 e. The van der Waals surface area contributed by atoms with Crippen LogP contribution in [0.1, 0.15) is 20.8 Å². The van der Waals surface area contributed by atoms with Gasteiger partial charge in [0.25, 0.3) is 0 Å². The van der Waals surface area contributed by atoms with Crippen LogP contribution in [-0.4, -0.2) is 17.3 Å². The van der Waals surface area contributed by atoms with E-state index in [2.05, 4.69) is 5.09 Å². The monoisotopic (exact) mass is 191 g/mol. The number of rotatable bonds is 2. The fourth-order valence-corrected chi connectivity index (χ4v) is 1.02. The molecule has 0 fully saturated rings. The van der Waals surface area contributed by atoms with Gasteiger partial charge < -0.3 is 15.6 Å². The number of ether oxygens (including phenoxy) is 1. The lowest BCUT2D eigenvalue weighted by atomic mass is 10.2. The molecule has 0 aromatic rings. The van der Waals surface area contributed by atoms with Crippen molar-refractivity contribution in [2.75, 3.05) is 0 Å². The van der Waals surface area contributed by atoms with E-state index in [1.807, 2.05) is 0 Å². The first-order valence-electron chi connectivity index (χ1n) is 3.40. The number of hydrogen-bond acceptors (Lipinski definition) is 3. The van der Waals surface area contributed by atoms with Crippen molar-refractivity contribution < 1.29 is 9.53 Å². The Morgan fingerprint density at radius 2 is 2.08 bits per heavy atom. The minimum Gasteiger partial charge on any atom is -0.456 e. The highest BCUT2D eigenvalue weighted by atomic mass is 31.1. The van der Waals surface area contributed by atoms with Gasteiger partial charge in [0, 0.05) is 0 Å². The molecule has 5 nitrogen and oxygen atoms in total. The van der Waals surface area contributed by atoms with Crippen molar-refractivity contribution in [3.8, 4) is 0 Å². The highest BCUT2D eigenvalue weighted by molar-refractivity contribution is 7.55. The second-order valence-corrected chi connectivity index (χ2v) is 4.07. The molecule has 0 heterocycles. The fourth-order valence-electron chi connectivity index (χ4n) is 0.422. The summed E-state index contributed by atoms with van der Waals surface area (Å²) in [6.07, 6.45) is 0. The Bertz CT molecular complexity index is 188. The molecule has 4 N–H and O–H groups in total. The molecule has 0 spiro atoms. The van der Waals surface area contributed by atoms with Crippen molar-refractivity contribution in [2.45, 2.75) is 26.4 Å². The maximum atomic E-state index is 10.9. The highest BCUT2D eigenvalue weighted by Crippen LogP contribution is 2.15. The number of hydrogen-bond donors (Lipinski definition) is 3. The predicted molar refractivity (Wildman–Crippen MR) is 49.6 cm³/mol. The van der Waals surface area contributed by atoms with Gasteiger partial charge in [0.2, 0.25) is 0 Å². The second-order valence-electron chi connectivity index (χ2n) is 3.17. The van der Waals surface area contributed by atoms with E-state index in [0.29, 0.717) is 0 Å². The van der Waals surface area contributed by atoms with Crippen LogP contribution in [-0.2, 0) is 4.74 Å². The van der Waals surface area contributed by atoms with Gasteiger partial charge in [-0.15, -0.1) is 0 Å². The first kappa shape index (κ1) is 11.2. The number of carbonyl (C=O) groups is 1. The summed E-state index contributed by atoms with van der Waals surface area (Å²) in [6, 6.07) is 0. The first-order valence-corrected chi connectivity index (χ1v) is 4.40. The van der Waals surface area contributed by atoms with E-state index in [4.69, 9.17) is 15.9 Å². The third kappa shape index (κ3) is 7.28. The number of carbonyl (C=O) groups excluding carboxylic acids is 1. The van der Waals surface area contributed by atoms with Crippen molar-refractivity contribution in [1.29, 1.82) is 5.41 Å². The van der Waals surface area contributed by atoms with Crippen LogP contribution in [0.25, 0.3) is 0 Å². The Balaban J connectivity index is 3.68. The normalized spacial score (nSPS) is 11.6. The van der Waals surface area contributed by atoms with Gasteiger partial charge in [-0.2, -0.15) is 0 Å². The number of nitrogens with one attached hydrogen (secondary N) is 2. The van der Waals surface area contributed by atoms with E-state index >= 15 is 0 Å². The molecule has 1 atom stereocenters. The molecule has 0 saturated heterocycles. The molecule has 0 aliphatic rings. The molecular weight excluding hydrogens is 177 g/mol. The third-order valence-corrected chi connectivity index (χ3v) is 1.40. The SMILES string of the molecule is CC(C)(C)OC(=O)PNC(=N)N. The van der Waals surface area contributed by atoms with Crippen LogP contribution in [0.5, 0.6) is 0 Å². The molecule has 0 aliphatic heterocycles. The molecule has 0 rings (SSSR count). The Kier molecular flexibility index (Phi) is 3.96. The van der Waals surface area contributed by atoms with E-state index in [-0.39, 0.29) is 14.7 Å². The smallest absolute Gasteiger partial charge is 0.344 e. The van der Waals surface area contributed by atoms with Crippen LogP contribution < -0.4 is 10.8 Å². The van der Waals surface area contributed by atoms with Crippen molar-refractivity contribution >= 4 is 20.4 Å². The van der Waals surface area contributed by atoms with Crippen LogP contribution >= 0.6 is 8.73 Å². The molecule has 0 amide bonds. The Morgan fingerprint density at radius 1 is 1.58 bits per heavy atom. The fraction of sp³-hybridized carbons (Fsp3) is 0.667. The van der Waals surface area contributed by atoms with Gasteiger partial charge in [0.05, 0.1) is 8.73 Å². The quantitative estimate of drug-likeness (QED) is 0.345. The summed E-state index contributed by atoms with van der Waals surface area (Å²) in [5, 5.41) is 9.17. The van der Waals surface area contributed by atoms with E-state index in [9.17, 15) is 4.79 Å². The average Bonchev–Trinajstić information content (AvgIpc) is 1.79. The zero-order valence-electron chi connectivity index (χ0n) is 7.39. The number of nitrogens with two attached hydrogens (primary N) is 1. The lowest BCUT2D eigenvalue weighted by Gasteiger charge is -2.19. The van der Waals surface area contributed by atoms with Gasteiger partial charge in [-0.25, -0.2) is 4.79 Å². The minimum absolute atomic E-state index is 0.223. The first-order chi connectivity index (χ1) is 5.31. The standard InChI is InChI=1S/C6H14N3O2P/c1-6(2,3)11-5(10)12-9-4(7)8/h12H,1-3H3,(H4,7,8,9). The molecule has 0 aromatic heterocycles. The molecular formula is C6H14N3O2P. The van der Waals surface area contributed by atoms with Crippen LogP contribution in [0, 0.1) is 5.41 Å². The van der Waals surface area contributed by atoms with Crippen molar-refractivity contribution in [1.82, 2.24) is 5.09 Å². The van der Waals surface area contributed by atoms with Crippen LogP contribution in [0.4, 0.5) is 4.79 Å². The van der Waals surface area contributed by atoms with Gasteiger partial charge in [0.1, 0.15) is 5.60 Å². The predicted octanol–water partition coefficient (Wildman–Crippen LogP) is 0.998. The summed E-state index contributed by atoms with van der Waals surface area (Å²) in [4.78, 5) is 10.9. The Hall–Kier alpha value is -0.830. The molecule has 12 heavy (non-hydrogen) atoms. The van der Waals surface area contributed by atoms with Gasteiger partial charge in [-0.3, -0.25) is 5.41 Å². The summed E-state index contributed by atoms with van der Waals surface area (Å²) >= 11 is 0. The summed E-state index contributed by atoms with van der Waals surface area (Å²) in [6.45, 7) is 5.34. The van der Waals surface area contributed by atoms with E-state index in [1.165, 1.54) is 0 Å². The lowest BCUT2D eigenvalue weighted by molar-refractivity contribution is 0.0731. The summed E-state index contributed by atoms with van der Waals surface area (Å²) < 4.78 is 4.95. The van der Waals surface area contributed by atoms with Gasteiger partial charge in [-0.05, 0) is 20.8 Å². The molecule has 0 saturated carbocycles. The van der Waals surface area contributed by atoms with Crippen LogP contribution in [0.3, 0.4) is 0 Å². The maximum absolute atomic E-state index is 10.9. The zero-order valence-corrected chi connectivity index (χ0v) is 8.39. The zero-order chi connectivity index (χ0) is 9.78. The highest BCUT2D eigenvalue weighted by Gasteiger charge is 2.15. The Labute approximate surface area is 73.4 Å². The summed E-state index contributed by atoms with van der Waals surface area (Å²) in [5.74, 6) is -0.223. The van der Waals surface area contributed by atoms with Crippen LogP contribution in [0.2, 0.25) is 0 Å². The molecule has 0 radical (unpaired) electrons.